The van der Waals surface area contributed by atoms with Crippen LogP contribution in [-0.4, -0.2) is 41.1 Å². The first-order chi connectivity index (χ1) is 7.66. The number of unbranched alkanes of at least 4 members (excludes halogenated alkanes) is 2. The number of nitrogens with zero attached hydrogens (tertiary/aromatic N) is 2. The Bertz CT molecular complexity index is 336. The lowest BCUT2D eigenvalue weighted by Gasteiger charge is -2.15. The van der Waals surface area contributed by atoms with Crippen LogP contribution in [0, 0.1) is 6.92 Å². The first-order valence-electron chi connectivity index (χ1n) is 5.43. The first kappa shape index (κ1) is 12.7. The Morgan fingerprint density at radius 3 is 2.81 bits per heavy atom. The smallest absolute Gasteiger partial charge is 0.291 e. The molecule has 0 aliphatic heterocycles. The molecule has 16 heavy (non-hydrogen) atoms. The fourth-order valence-electron chi connectivity index (χ4n) is 1.42. The van der Waals surface area contributed by atoms with Gasteiger partial charge in [-0.05, 0) is 26.2 Å². The van der Waals surface area contributed by atoms with E-state index < -0.39 is 0 Å². The number of aliphatic hydroxyl groups excluding tert-OH is 1. The van der Waals surface area contributed by atoms with Crippen LogP contribution in [0.15, 0.2) is 10.8 Å². The van der Waals surface area contributed by atoms with Crippen molar-refractivity contribution in [3.05, 3.63) is 17.8 Å². The van der Waals surface area contributed by atoms with Crippen LogP contribution in [0.4, 0.5) is 0 Å². The Morgan fingerprint density at radius 2 is 2.25 bits per heavy atom. The van der Waals surface area contributed by atoms with Crippen molar-refractivity contribution in [3.8, 4) is 0 Å². The highest BCUT2D eigenvalue weighted by atomic mass is 16.3. The Labute approximate surface area is 95.1 Å². The minimum absolute atomic E-state index is 0.140. The fraction of sp³-hybridized carbons (Fsp3) is 0.636. The van der Waals surface area contributed by atoms with Gasteiger partial charge < -0.3 is 14.4 Å². The van der Waals surface area contributed by atoms with Gasteiger partial charge in [0.2, 0.25) is 5.76 Å². The molecule has 0 saturated carbocycles. The van der Waals surface area contributed by atoms with Crippen LogP contribution in [0.2, 0.25) is 0 Å². The maximum Gasteiger partial charge on any atom is 0.291 e. The molecule has 0 unspecified atom stereocenters. The van der Waals surface area contributed by atoms with Gasteiger partial charge in [0.15, 0.2) is 6.39 Å². The Balaban J connectivity index is 2.40. The van der Waals surface area contributed by atoms with Gasteiger partial charge in [0.25, 0.3) is 5.91 Å². The van der Waals surface area contributed by atoms with E-state index in [-0.39, 0.29) is 12.5 Å². The number of aromatic nitrogens is 1. The standard InChI is InChI=1S/C11H18N2O3/c1-9-10(16-8-12-9)11(15)13(2)6-4-3-5-7-14/h8,14H,3-7H2,1-2H3. The van der Waals surface area contributed by atoms with E-state index in [1.165, 1.54) is 6.39 Å². The molecule has 0 aromatic carbocycles. The molecule has 0 atom stereocenters. The van der Waals surface area contributed by atoms with Gasteiger partial charge in [-0.25, -0.2) is 4.98 Å². The maximum absolute atomic E-state index is 11.8. The molecule has 0 bridgehead atoms. The summed E-state index contributed by atoms with van der Waals surface area (Å²) >= 11 is 0. The summed E-state index contributed by atoms with van der Waals surface area (Å²) in [4.78, 5) is 17.3. The van der Waals surface area contributed by atoms with Crippen LogP contribution in [-0.2, 0) is 0 Å². The van der Waals surface area contributed by atoms with Gasteiger partial charge in [-0.3, -0.25) is 4.79 Å². The molecular weight excluding hydrogens is 208 g/mol. The van der Waals surface area contributed by atoms with Gasteiger partial charge in [0.05, 0.1) is 5.69 Å². The lowest BCUT2D eigenvalue weighted by Crippen LogP contribution is -2.28. The minimum Gasteiger partial charge on any atom is -0.438 e. The lowest BCUT2D eigenvalue weighted by molar-refractivity contribution is 0.0759. The van der Waals surface area contributed by atoms with Crippen LogP contribution >= 0.6 is 0 Å². The van der Waals surface area contributed by atoms with E-state index in [1.807, 2.05) is 0 Å². The molecule has 0 aliphatic rings. The monoisotopic (exact) mass is 226 g/mol. The maximum atomic E-state index is 11.8. The van der Waals surface area contributed by atoms with Crippen molar-refractivity contribution in [3.63, 3.8) is 0 Å². The van der Waals surface area contributed by atoms with Crippen molar-refractivity contribution in [2.45, 2.75) is 26.2 Å². The molecule has 0 spiro atoms. The van der Waals surface area contributed by atoms with E-state index in [2.05, 4.69) is 4.98 Å². The van der Waals surface area contributed by atoms with Crippen molar-refractivity contribution in [2.24, 2.45) is 0 Å². The predicted octanol–water partition coefficient (Wildman–Crippen LogP) is 1.22. The van der Waals surface area contributed by atoms with Crippen molar-refractivity contribution in [2.75, 3.05) is 20.2 Å². The van der Waals surface area contributed by atoms with E-state index in [1.54, 1.807) is 18.9 Å². The Hall–Kier alpha value is -1.36. The molecule has 1 amide bonds. The number of hydrogen-bond donors (Lipinski definition) is 1. The first-order valence-corrected chi connectivity index (χ1v) is 5.43. The van der Waals surface area contributed by atoms with E-state index in [0.717, 1.165) is 19.3 Å². The molecule has 0 radical (unpaired) electrons. The molecular formula is C11H18N2O3. The lowest BCUT2D eigenvalue weighted by atomic mass is 10.2. The molecule has 1 heterocycles. The minimum atomic E-state index is -0.140. The number of aryl methyl sites for hydroxylation is 1. The van der Waals surface area contributed by atoms with Crippen LogP contribution in [0.3, 0.4) is 0 Å². The summed E-state index contributed by atoms with van der Waals surface area (Å²) in [7, 11) is 1.74. The molecule has 1 rings (SSSR count). The zero-order chi connectivity index (χ0) is 12.0. The number of hydrogen-bond acceptors (Lipinski definition) is 4. The van der Waals surface area contributed by atoms with Gasteiger partial charge >= 0.3 is 0 Å². The number of carbonyl (C=O) groups is 1. The van der Waals surface area contributed by atoms with Crippen molar-refractivity contribution in [1.82, 2.24) is 9.88 Å². The van der Waals surface area contributed by atoms with Crippen molar-refractivity contribution < 1.29 is 14.3 Å². The van der Waals surface area contributed by atoms with Crippen molar-refractivity contribution >= 4 is 5.91 Å². The molecule has 1 aromatic rings. The molecule has 90 valence electrons. The van der Waals surface area contributed by atoms with Gasteiger partial charge in [-0.15, -0.1) is 0 Å². The van der Waals surface area contributed by atoms with Crippen molar-refractivity contribution in [1.29, 1.82) is 0 Å². The van der Waals surface area contributed by atoms with E-state index in [0.29, 0.717) is 18.0 Å². The number of rotatable bonds is 6. The van der Waals surface area contributed by atoms with Crippen LogP contribution < -0.4 is 0 Å². The summed E-state index contributed by atoms with van der Waals surface area (Å²) in [5.41, 5.74) is 0.618. The van der Waals surface area contributed by atoms with E-state index in [9.17, 15) is 4.79 Å². The van der Waals surface area contributed by atoms with Gasteiger partial charge in [-0.2, -0.15) is 0 Å². The molecule has 1 N–H and O–H groups in total. The third-order valence-electron chi connectivity index (χ3n) is 2.44. The van der Waals surface area contributed by atoms with Gasteiger partial charge in [-0.1, -0.05) is 0 Å². The summed E-state index contributed by atoms with van der Waals surface area (Å²) in [5.74, 6) is 0.170. The molecule has 5 nitrogen and oxygen atoms in total. The average Bonchev–Trinajstić information content (AvgIpc) is 2.69. The Kier molecular flexibility index (Phi) is 4.98. The summed E-state index contributed by atoms with van der Waals surface area (Å²) in [6, 6.07) is 0. The Morgan fingerprint density at radius 1 is 1.50 bits per heavy atom. The van der Waals surface area contributed by atoms with E-state index in [4.69, 9.17) is 9.52 Å². The topological polar surface area (TPSA) is 66.6 Å². The van der Waals surface area contributed by atoms with Gasteiger partial charge in [0.1, 0.15) is 0 Å². The number of aliphatic hydroxyl groups is 1. The third kappa shape index (κ3) is 3.34. The highest BCUT2D eigenvalue weighted by Crippen LogP contribution is 2.08. The second kappa shape index (κ2) is 6.27. The number of carbonyl (C=O) groups excluding carboxylic acids is 1. The SMILES string of the molecule is Cc1ncoc1C(=O)N(C)CCCCCO. The van der Waals surface area contributed by atoms with Crippen LogP contribution in [0.1, 0.15) is 35.5 Å². The fourth-order valence-corrected chi connectivity index (χ4v) is 1.42. The summed E-state index contributed by atoms with van der Waals surface area (Å²) < 4.78 is 5.03. The second-order valence-electron chi connectivity index (χ2n) is 3.78. The predicted molar refractivity (Wildman–Crippen MR) is 59.1 cm³/mol. The zero-order valence-electron chi connectivity index (χ0n) is 9.77. The average molecular weight is 226 g/mol. The summed E-state index contributed by atoms with van der Waals surface area (Å²) in [6.07, 6.45) is 3.87. The summed E-state index contributed by atoms with van der Waals surface area (Å²) in [5, 5.41) is 8.62. The molecule has 0 aliphatic carbocycles. The quantitative estimate of drug-likeness (QED) is 0.740. The zero-order valence-corrected chi connectivity index (χ0v) is 9.77. The highest BCUT2D eigenvalue weighted by Gasteiger charge is 2.17. The number of oxazole rings is 1. The van der Waals surface area contributed by atoms with Crippen LogP contribution in [0.25, 0.3) is 0 Å². The number of amides is 1. The van der Waals surface area contributed by atoms with Gasteiger partial charge in [0, 0.05) is 20.2 Å². The van der Waals surface area contributed by atoms with Crippen LogP contribution in [0.5, 0.6) is 0 Å². The summed E-state index contributed by atoms with van der Waals surface area (Å²) in [6.45, 7) is 2.62. The second-order valence-corrected chi connectivity index (χ2v) is 3.78. The molecule has 0 saturated heterocycles. The molecule has 5 heteroatoms. The largest absolute Gasteiger partial charge is 0.438 e. The molecule has 1 aromatic heterocycles. The normalized spacial score (nSPS) is 10.4. The third-order valence-corrected chi connectivity index (χ3v) is 2.44. The highest BCUT2D eigenvalue weighted by molar-refractivity contribution is 5.92. The van der Waals surface area contributed by atoms with E-state index >= 15 is 0 Å². The molecule has 0 fully saturated rings.